The Kier molecular flexibility index (Phi) is 3.63. The average molecular weight is 303 g/mol. The van der Waals surface area contributed by atoms with Crippen molar-refractivity contribution in [2.45, 2.75) is 19.1 Å². The zero-order chi connectivity index (χ0) is 14.9. The molecule has 1 unspecified atom stereocenters. The number of piperidine rings is 1. The summed E-state index contributed by atoms with van der Waals surface area (Å²) in [6.45, 7) is 3.06. The molecule has 5 nitrogen and oxygen atoms in total. The highest BCUT2D eigenvalue weighted by Gasteiger charge is 2.32. The van der Waals surface area contributed by atoms with Crippen LogP contribution in [0.5, 0.6) is 0 Å². The molecule has 22 heavy (non-hydrogen) atoms. The number of aromatic nitrogens is 2. The Morgan fingerprint density at radius 2 is 2.05 bits per heavy atom. The first-order valence-corrected chi connectivity index (χ1v) is 7.70. The summed E-state index contributed by atoms with van der Waals surface area (Å²) in [5, 5.41) is 0.761. The molecule has 0 radical (unpaired) electrons. The third kappa shape index (κ3) is 2.53. The first-order chi connectivity index (χ1) is 10.8. The van der Waals surface area contributed by atoms with Crippen molar-refractivity contribution in [1.82, 2.24) is 9.97 Å². The third-order valence-electron chi connectivity index (χ3n) is 4.37. The lowest BCUT2D eigenvalue weighted by Gasteiger charge is -2.35. The van der Waals surface area contributed by atoms with Gasteiger partial charge in [0.2, 0.25) is 0 Å². The van der Waals surface area contributed by atoms with Crippen molar-refractivity contribution in [3.05, 3.63) is 30.3 Å². The third-order valence-corrected chi connectivity index (χ3v) is 4.37. The summed E-state index contributed by atoms with van der Waals surface area (Å²) in [5.41, 5.74) is 0.766. The Balaban J connectivity index is 1.64. The summed E-state index contributed by atoms with van der Waals surface area (Å²) in [4.78, 5) is 10.8. The highest BCUT2D eigenvalue weighted by atomic mass is 19.1. The molecule has 0 bridgehead atoms. The monoisotopic (exact) mass is 303 g/mol. The summed E-state index contributed by atoms with van der Waals surface area (Å²) >= 11 is 0. The van der Waals surface area contributed by atoms with Crippen LogP contribution in [0.2, 0.25) is 0 Å². The summed E-state index contributed by atoms with van der Waals surface area (Å²) in [7, 11) is 0. The molecule has 0 spiro atoms. The largest absolute Gasteiger partial charge is 0.356 e. The predicted molar refractivity (Wildman–Crippen MR) is 80.1 cm³/mol. The summed E-state index contributed by atoms with van der Waals surface area (Å²) in [6, 6.07) is 4.63. The lowest BCUT2D eigenvalue weighted by molar-refractivity contribution is -0.0858. The molecule has 2 aliphatic heterocycles. The van der Waals surface area contributed by atoms with E-state index in [1.165, 1.54) is 12.1 Å². The van der Waals surface area contributed by atoms with Crippen molar-refractivity contribution < 1.29 is 13.9 Å². The SMILES string of the molecule is Fc1ccc2ncnc(N3CCCC(C4OCCO4)C3)c2c1. The molecular formula is C16H18FN3O2. The van der Waals surface area contributed by atoms with Gasteiger partial charge in [-0.3, -0.25) is 0 Å². The van der Waals surface area contributed by atoms with Crippen LogP contribution in [0.4, 0.5) is 10.2 Å². The van der Waals surface area contributed by atoms with E-state index in [9.17, 15) is 4.39 Å². The van der Waals surface area contributed by atoms with Crippen LogP contribution in [0, 0.1) is 11.7 Å². The predicted octanol–water partition coefficient (Wildman–Crippen LogP) is 2.36. The van der Waals surface area contributed by atoms with Gasteiger partial charge in [0, 0.05) is 24.4 Å². The molecule has 2 aliphatic rings. The quantitative estimate of drug-likeness (QED) is 0.852. The minimum absolute atomic E-state index is 0.118. The first-order valence-electron chi connectivity index (χ1n) is 7.70. The zero-order valence-corrected chi connectivity index (χ0v) is 12.2. The van der Waals surface area contributed by atoms with Gasteiger partial charge in [-0.25, -0.2) is 14.4 Å². The van der Waals surface area contributed by atoms with Gasteiger partial charge >= 0.3 is 0 Å². The molecule has 1 aromatic heterocycles. The molecule has 2 fully saturated rings. The highest BCUT2D eigenvalue weighted by molar-refractivity contribution is 5.89. The van der Waals surface area contributed by atoms with Crippen molar-refractivity contribution in [3.63, 3.8) is 0 Å². The molecule has 116 valence electrons. The van der Waals surface area contributed by atoms with Crippen molar-refractivity contribution in [3.8, 4) is 0 Å². The van der Waals surface area contributed by atoms with Crippen LogP contribution in [0.25, 0.3) is 10.9 Å². The van der Waals surface area contributed by atoms with Gasteiger partial charge in [0.1, 0.15) is 18.0 Å². The normalized spacial score (nSPS) is 23.3. The number of hydrogen-bond acceptors (Lipinski definition) is 5. The maximum Gasteiger partial charge on any atom is 0.162 e. The second-order valence-corrected chi connectivity index (χ2v) is 5.82. The van der Waals surface area contributed by atoms with Crippen LogP contribution in [-0.2, 0) is 9.47 Å². The lowest BCUT2D eigenvalue weighted by atomic mass is 9.97. The number of halogens is 1. The van der Waals surface area contributed by atoms with Crippen LogP contribution >= 0.6 is 0 Å². The molecule has 3 heterocycles. The first kappa shape index (κ1) is 13.8. The van der Waals surface area contributed by atoms with Crippen LogP contribution in [-0.4, -0.2) is 42.6 Å². The zero-order valence-electron chi connectivity index (χ0n) is 12.2. The summed E-state index contributed by atoms with van der Waals surface area (Å²) in [6.07, 6.45) is 3.56. The molecule has 6 heteroatoms. The molecule has 4 rings (SSSR count). The standard InChI is InChI=1S/C16H18FN3O2/c17-12-3-4-14-13(8-12)15(19-10-18-14)20-5-1-2-11(9-20)16-21-6-7-22-16/h3-4,8,10-11,16H,1-2,5-7,9H2. The van der Waals surface area contributed by atoms with E-state index < -0.39 is 0 Å². The Labute approximate surface area is 128 Å². The van der Waals surface area contributed by atoms with Gasteiger partial charge in [0.15, 0.2) is 6.29 Å². The van der Waals surface area contributed by atoms with Crippen molar-refractivity contribution in [1.29, 1.82) is 0 Å². The van der Waals surface area contributed by atoms with E-state index in [0.29, 0.717) is 19.1 Å². The van der Waals surface area contributed by atoms with Gasteiger partial charge in [0.05, 0.1) is 18.7 Å². The summed E-state index contributed by atoms with van der Waals surface area (Å²) in [5.74, 6) is 0.863. The molecule has 0 saturated carbocycles. The van der Waals surface area contributed by atoms with Crippen molar-refractivity contribution in [2.75, 3.05) is 31.2 Å². The number of ether oxygens (including phenoxy) is 2. The smallest absolute Gasteiger partial charge is 0.162 e. The molecule has 2 saturated heterocycles. The molecule has 1 atom stereocenters. The van der Waals surface area contributed by atoms with Crippen LogP contribution in [0.1, 0.15) is 12.8 Å². The maximum absolute atomic E-state index is 13.6. The van der Waals surface area contributed by atoms with Gasteiger partial charge < -0.3 is 14.4 Å². The number of nitrogens with zero attached hydrogens (tertiary/aromatic N) is 3. The second-order valence-electron chi connectivity index (χ2n) is 5.82. The minimum Gasteiger partial charge on any atom is -0.356 e. The number of hydrogen-bond donors (Lipinski definition) is 0. The molecule has 0 amide bonds. The fraction of sp³-hybridized carbons (Fsp3) is 0.500. The van der Waals surface area contributed by atoms with E-state index in [1.807, 2.05) is 0 Å². The molecule has 0 N–H and O–H groups in total. The Morgan fingerprint density at radius 1 is 1.18 bits per heavy atom. The Hall–Kier alpha value is -1.79. The van der Waals surface area contributed by atoms with Gasteiger partial charge in [-0.15, -0.1) is 0 Å². The van der Waals surface area contributed by atoms with Crippen molar-refractivity contribution >= 4 is 16.7 Å². The van der Waals surface area contributed by atoms with Gasteiger partial charge in [0.25, 0.3) is 0 Å². The molecule has 1 aromatic carbocycles. The van der Waals surface area contributed by atoms with Crippen LogP contribution < -0.4 is 4.90 Å². The molecule has 0 aliphatic carbocycles. The number of benzene rings is 1. The maximum atomic E-state index is 13.6. The number of fused-ring (bicyclic) bond motifs is 1. The van der Waals surface area contributed by atoms with Crippen molar-refractivity contribution in [2.24, 2.45) is 5.92 Å². The van der Waals surface area contributed by atoms with E-state index in [1.54, 1.807) is 12.4 Å². The molecular weight excluding hydrogens is 285 g/mol. The average Bonchev–Trinajstić information content (AvgIpc) is 3.09. The van der Waals surface area contributed by atoms with Gasteiger partial charge in [-0.1, -0.05) is 0 Å². The van der Waals surface area contributed by atoms with Gasteiger partial charge in [-0.2, -0.15) is 0 Å². The van der Waals surface area contributed by atoms with E-state index in [-0.39, 0.29) is 12.1 Å². The van der Waals surface area contributed by atoms with E-state index >= 15 is 0 Å². The van der Waals surface area contributed by atoms with Crippen LogP contribution in [0.15, 0.2) is 24.5 Å². The summed E-state index contributed by atoms with van der Waals surface area (Å²) < 4.78 is 24.9. The van der Waals surface area contributed by atoms with E-state index in [2.05, 4.69) is 14.9 Å². The Bertz CT molecular complexity index is 675. The molecule has 2 aromatic rings. The highest BCUT2D eigenvalue weighted by Crippen LogP contribution is 2.30. The van der Waals surface area contributed by atoms with Gasteiger partial charge in [-0.05, 0) is 31.0 Å². The fourth-order valence-corrected chi connectivity index (χ4v) is 3.34. The van der Waals surface area contributed by atoms with E-state index in [0.717, 1.165) is 42.7 Å². The lowest BCUT2D eigenvalue weighted by Crippen LogP contribution is -2.41. The van der Waals surface area contributed by atoms with E-state index in [4.69, 9.17) is 9.47 Å². The topological polar surface area (TPSA) is 47.5 Å². The number of anilines is 1. The van der Waals surface area contributed by atoms with Crippen LogP contribution in [0.3, 0.4) is 0 Å². The fourth-order valence-electron chi connectivity index (χ4n) is 3.34. The second kappa shape index (κ2) is 5.78. The minimum atomic E-state index is -0.264. The Morgan fingerprint density at radius 3 is 2.91 bits per heavy atom. The number of rotatable bonds is 2.